The van der Waals surface area contributed by atoms with Crippen molar-refractivity contribution in [2.75, 3.05) is 19.6 Å². The predicted octanol–water partition coefficient (Wildman–Crippen LogP) is 6.35. The number of halogens is 3. The summed E-state index contributed by atoms with van der Waals surface area (Å²) in [6.07, 6.45) is -4.43. The van der Waals surface area contributed by atoms with E-state index in [4.69, 9.17) is 9.73 Å². The number of aryl methyl sites for hydroxylation is 2. The van der Waals surface area contributed by atoms with E-state index in [1.54, 1.807) is 4.90 Å². The lowest BCUT2D eigenvalue weighted by Crippen LogP contribution is -2.55. The second-order valence-electron chi connectivity index (χ2n) is 9.38. The van der Waals surface area contributed by atoms with Gasteiger partial charge in [0.15, 0.2) is 5.75 Å². The van der Waals surface area contributed by atoms with Crippen LogP contribution in [-0.2, 0) is 6.18 Å². The van der Waals surface area contributed by atoms with Crippen molar-refractivity contribution in [1.82, 2.24) is 9.80 Å². The fourth-order valence-electron chi connectivity index (χ4n) is 4.66. The topological polar surface area (TPSA) is 45.1 Å². The van der Waals surface area contributed by atoms with E-state index < -0.39 is 11.7 Å². The average Bonchev–Trinajstić information content (AvgIpc) is 2.99. The number of aliphatic imine (C=N–C) groups is 1. The van der Waals surface area contributed by atoms with Gasteiger partial charge in [-0.15, -0.1) is 0 Å². The molecule has 36 heavy (non-hydrogen) atoms. The van der Waals surface area contributed by atoms with Crippen LogP contribution in [0.15, 0.2) is 65.7 Å². The second-order valence-corrected chi connectivity index (χ2v) is 9.38. The third-order valence-electron chi connectivity index (χ3n) is 6.58. The summed E-state index contributed by atoms with van der Waals surface area (Å²) in [5.74, 6) is 1.92. The molecule has 0 saturated carbocycles. The molecule has 1 fully saturated rings. The lowest BCUT2D eigenvalue weighted by molar-refractivity contribution is -0.137. The molecule has 0 unspecified atom stereocenters. The molecule has 2 aliphatic heterocycles. The molecule has 1 atom stereocenters. The highest BCUT2D eigenvalue weighted by molar-refractivity contribution is 6.04. The van der Waals surface area contributed by atoms with Crippen molar-refractivity contribution >= 4 is 17.4 Å². The minimum atomic E-state index is -4.43. The molecule has 0 aliphatic carbocycles. The van der Waals surface area contributed by atoms with Gasteiger partial charge in [-0.3, -0.25) is 4.79 Å². The summed E-state index contributed by atoms with van der Waals surface area (Å²) in [5.41, 5.74) is 3.25. The number of nitrogens with zero attached hydrogens (tertiary/aromatic N) is 3. The van der Waals surface area contributed by atoms with E-state index in [9.17, 15) is 18.0 Å². The zero-order chi connectivity index (χ0) is 25.6. The number of piperazine rings is 1. The number of carbonyl (C=O) groups is 1. The second kappa shape index (κ2) is 9.00. The summed E-state index contributed by atoms with van der Waals surface area (Å²) >= 11 is 0. The summed E-state index contributed by atoms with van der Waals surface area (Å²) in [7, 11) is 0. The summed E-state index contributed by atoms with van der Waals surface area (Å²) < 4.78 is 45.0. The number of hydrogen-bond donors (Lipinski definition) is 0. The van der Waals surface area contributed by atoms with Crippen LogP contribution in [0.2, 0.25) is 0 Å². The first kappa shape index (κ1) is 23.9. The quantitative estimate of drug-likeness (QED) is 0.397. The van der Waals surface area contributed by atoms with Crippen LogP contribution >= 0.6 is 0 Å². The Morgan fingerprint density at radius 3 is 2.33 bits per heavy atom. The van der Waals surface area contributed by atoms with Gasteiger partial charge in [-0.25, -0.2) is 4.99 Å². The van der Waals surface area contributed by atoms with Gasteiger partial charge in [0.05, 0.1) is 11.1 Å². The number of amides is 1. The largest absolute Gasteiger partial charge is 0.454 e. The van der Waals surface area contributed by atoms with Crippen molar-refractivity contribution in [3.63, 3.8) is 0 Å². The molecule has 5 nitrogen and oxygen atoms in total. The Morgan fingerprint density at radius 2 is 1.64 bits per heavy atom. The summed E-state index contributed by atoms with van der Waals surface area (Å²) in [4.78, 5) is 22.0. The van der Waals surface area contributed by atoms with Gasteiger partial charge in [0.1, 0.15) is 17.3 Å². The maximum atomic E-state index is 13.1. The first-order valence-electron chi connectivity index (χ1n) is 11.8. The van der Waals surface area contributed by atoms with Gasteiger partial charge in [-0.1, -0.05) is 17.7 Å². The molecule has 2 heterocycles. The summed E-state index contributed by atoms with van der Waals surface area (Å²) in [6.45, 7) is 7.44. The van der Waals surface area contributed by atoms with Crippen molar-refractivity contribution in [1.29, 1.82) is 0 Å². The maximum absolute atomic E-state index is 13.1. The van der Waals surface area contributed by atoms with Crippen molar-refractivity contribution < 1.29 is 22.7 Å². The zero-order valence-electron chi connectivity index (χ0n) is 20.3. The maximum Gasteiger partial charge on any atom is 0.416 e. The lowest BCUT2D eigenvalue weighted by Gasteiger charge is -2.41. The standard InChI is InChI=1S/C28H26F3N3O2/c1-17-5-11-24-22(14-17)26(32-23-10-4-18(2)15-25(23)36-24)33-12-13-34(19(3)16-33)27(35)20-6-8-21(9-7-20)28(29,30)31/h4-11,14-15,19H,12-13,16H2,1-3H3/t19-/m0/s1. The normalized spacial score (nSPS) is 17.5. The molecule has 1 amide bonds. The van der Waals surface area contributed by atoms with Crippen LogP contribution in [0.1, 0.15) is 39.5 Å². The lowest BCUT2D eigenvalue weighted by atomic mass is 10.1. The molecule has 0 spiro atoms. The van der Waals surface area contributed by atoms with Crippen LogP contribution in [0.5, 0.6) is 11.5 Å². The highest BCUT2D eigenvalue weighted by Crippen LogP contribution is 2.39. The monoisotopic (exact) mass is 493 g/mol. The Morgan fingerprint density at radius 1 is 0.944 bits per heavy atom. The van der Waals surface area contributed by atoms with Crippen molar-refractivity contribution in [2.24, 2.45) is 4.99 Å². The average molecular weight is 494 g/mol. The number of hydrogen-bond acceptors (Lipinski definition) is 4. The smallest absolute Gasteiger partial charge is 0.416 e. The molecule has 5 rings (SSSR count). The van der Waals surface area contributed by atoms with E-state index in [0.29, 0.717) is 25.4 Å². The van der Waals surface area contributed by atoms with E-state index in [0.717, 1.165) is 46.1 Å². The van der Waals surface area contributed by atoms with Crippen LogP contribution in [0.3, 0.4) is 0 Å². The van der Waals surface area contributed by atoms with Crippen molar-refractivity contribution in [3.05, 3.63) is 88.5 Å². The number of amidine groups is 1. The number of alkyl halides is 3. The molecule has 1 saturated heterocycles. The van der Waals surface area contributed by atoms with Gasteiger partial charge in [0.2, 0.25) is 0 Å². The van der Waals surface area contributed by atoms with Crippen LogP contribution < -0.4 is 4.74 Å². The van der Waals surface area contributed by atoms with E-state index >= 15 is 0 Å². The molecule has 3 aromatic carbocycles. The molecule has 0 aromatic heterocycles. The van der Waals surface area contributed by atoms with Gasteiger partial charge in [-0.05, 0) is 74.9 Å². The Balaban J connectivity index is 1.41. The molecule has 3 aromatic rings. The number of ether oxygens (including phenoxy) is 1. The summed E-state index contributed by atoms with van der Waals surface area (Å²) in [6, 6.07) is 16.1. The molecular weight excluding hydrogens is 467 g/mol. The molecule has 8 heteroatoms. The van der Waals surface area contributed by atoms with Gasteiger partial charge >= 0.3 is 6.18 Å². The Kier molecular flexibility index (Phi) is 5.98. The van der Waals surface area contributed by atoms with Crippen LogP contribution in [0.25, 0.3) is 0 Å². The molecule has 2 aliphatic rings. The predicted molar refractivity (Wildman–Crippen MR) is 132 cm³/mol. The molecule has 0 N–H and O–H groups in total. The molecule has 186 valence electrons. The van der Waals surface area contributed by atoms with Gasteiger partial charge < -0.3 is 14.5 Å². The highest BCUT2D eigenvalue weighted by Gasteiger charge is 2.33. The van der Waals surface area contributed by atoms with E-state index in [1.807, 2.05) is 51.1 Å². The van der Waals surface area contributed by atoms with Crippen LogP contribution in [-0.4, -0.2) is 47.2 Å². The Hall–Kier alpha value is -3.81. The van der Waals surface area contributed by atoms with Crippen molar-refractivity contribution in [2.45, 2.75) is 33.0 Å². The first-order valence-corrected chi connectivity index (χ1v) is 11.8. The number of benzene rings is 3. The van der Waals surface area contributed by atoms with E-state index in [2.05, 4.69) is 11.0 Å². The number of rotatable bonds is 1. The third kappa shape index (κ3) is 4.55. The van der Waals surface area contributed by atoms with Crippen LogP contribution in [0.4, 0.5) is 18.9 Å². The first-order chi connectivity index (χ1) is 17.1. The van der Waals surface area contributed by atoms with E-state index in [1.165, 1.54) is 12.1 Å². The SMILES string of the molecule is Cc1ccc2c(c1)Oc1ccc(C)cc1C(N1CCN(C(=O)c3ccc(C(F)(F)F)cc3)[C@@H](C)C1)=N2. The fourth-order valence-corrected chi connectivity index (χ4v) is 4.66. The highest BCUT2D eigenvalue weighted by atomic mass is 19.4. The van der Waals surface area contributed by atoms with Gasteiger partial charge in [-0.2, -0.15) is 13.2 Å². The molecular formula is C28H26F3N3O2. The van der Waals surface area contributed by atoms with Gasteiger partial charge in [0, 0.05) is 31.2 Å². The molecule has 0 bridgehead atoms. The van der Waals surface area contributed by atoms with Crippen LogP contribution in [0, 0.1) is 13.8 Å². The number of fused-ring (bicyclic) bond motifs is 2. The fraction of sp³-hybridized carbons (Fsp3) is 0.286. The number of carbonyl (C=O) groups excluding carboxylic acids is 1. The third-order valence-corrected chi connectivity index (χ3v) is 6.58. The zero-order valence-corrected chi connectivity index (χ0v) is 20.3. The molecule has 0 radical (unpaired) electrons. The Bertz CT molecular complexity index is 1350. The van der Waals surface area contributed by atoms with E-state index in [-0.39, 0.29) is 17.5 Å². The van der Waals surface area contributed by atoms with Gasteiger partial charge in [0.25, 0.3) is 5.91 Å². The minimum absolute atomic E-state index is 0.175. The Labute approximate surface area is 207 Å². The summed E-state index contributed by atoms with van der Waals surface area (Å²) in [5, 5.41) is 0. The van der Waals surface area contributed by atoms with Crippen molar-refractivity contribution in [3.8, 4) is 11.5 Å². The minimum Gasteiger partial charge on any atom is -0.454 e.